The highest BCUT2D eigenvalue weighted by atomic mass is 32.1. The summed E-state index contributed by atoms with van der Waals surface area (Å²) in [5.41, 5.74) is 2.25. The first kappa shape index (κ1) is 22.2. The van der Waals surface area contributed by atoms with E-state index in [1.54, 1.807) is 14.0 Å². The Hall–Kier alpha value is -3.04. The van der Waals surface area contributed by atoms with Crippen LogP contribution in [-0.2, 0) is 9.53 Å². The molecule has 2 aromatic rings. The molecule has 0 saturated carbocycles. The van der Waals surface area contributed by atoms with Gasteiger partial charge in [-0.15, -0.1) is 11.3 Å². The first-order valence-corrected chi connectivity index (χ1v) is 11.6. The van der Waals surface area contributed by atoms with E-state index in [0.29, 0.717) is 17.8 Å². The van der Waals surface area contributed by atoms with Gasteiger partial charge in [-0.2, -0.15) is 0 Å². The zero-order chi connectivity index (χ0) is 22.5. The van der Waals surface area contributed by atoms with Crippen LogP contribution in [0.2, 0.25) is 0 Å². The summed E-state index contributed by atoms with van der Waals surface area (Å²) in [5, 5.41) is 7.68. The van der Waals surface area contributed by atoms with Crippen LogP contribution in [0.25, 0.3) is 0 Å². The van der Waals surface area contributed by atoms with E-state index in [0.717, 1.165) is 42.5 Å². The molecule has 1 aromatic carbocycles. The van der Waals surface area contributed by atoms with Gasteiger partial charge in [0.2, 0.25) is 0 Å². The van der Waals surface area contributed by atoms with Gasteiger partial charge in [-0.05, 0) is 42.6 Å². The van der Waals surface area contributed by atoms with Crippen molar-refractivity contribution in [3.05, 3.63) is 57.9 Å². The second-order valence-corrected chi connectivity index (χ2v) is 8.60. The van der Waals surface area contributed by atoms with Crippen molar-refractivity contribution in [3.8, 4) is 5.75 Å². The second kappa shape index (κ2) is 10.1. The van der Waals surface area contributed by atoms with Gasteiger partial charge < -0.3 is 25.0 Å². The number of benzene rings is 1. The highest BCUT2D eigenvalue weighted by molar-refractivity contribution is 7.10. The summed E-state index contributed by atoms with van der Waals surface area (Å²) < 4.78 is 10.6. The smallest absolute Gasteiger partial charge is 0.338 e. The number of hydrogen-bond donors (Lipinski definition) is 2. The SMILES string of the molecule is CCOC(=O)C1=C(CN2CCN(c3ccc(OC)cc3)CC2)NC(=O)N[C@@H]1c1cccs1. The number of hydrogen-bond acceptors (Lipinski definition) is 7. The molecule has 1 saturated heterocycles. The third-order valence-corrected chi connectivity index (χ3v) is 6.61. The van der Waals surface area contributed by atoms with Gasteiger partial charge in [0.15, 0.2) is 0 Å². The summed E-state index contributed by atoms with van der Waals surface area (Å²) in [5.74, 6) is 0.443. The molecule has 8 nitrogen and oxygen atoms in total. The van der Waals surface area contributed by atoms with Crippen molar-refractivity contribution in [2.24, 2.45) is 0 Å². The number of rotatable bonds is 7. The monoisotopic (exact) mass is 456 g/mol. The number of piperazine rings is 1. The van der Waals surface area contributed by atoms with Crippen LogP contribution in [0.15, 0.2) is 53.0 Å². The van der Waals surface area contributed by atoms with Crippen LogP contribution >= 0.6 is 11.3 Å². The highest BCUT2D eigenvalue weighted by Gasteiger charge is 2.35. The van der Waals surface area contributed by atoms with Crippen LogP contribution < -0.4 is 20.3 Å². The minimum Gasteiger partial charge on any atom is -0.497 e. The van der Waals surface area contributed by atoms with Gasteiger partial charge in [-0.3, -0.25) is 4.90 Å². The molecule has 32 heavy (non-hydrogen) atoms. The summed E-state index contributed by atoms with van der Waals surface area (Å²) in [6, 6.07) is 11.1. The molecular formula is C23H28N4O4S. The molecule has 0 unspecified atom stereocenters. The van der Waals surface area contributed by atoms with Crippen molar-refractivity contribution in [2.45, 2.75) is 13.0 Å². The van der Waals surface area contributed by atoms with Crippen molar-refractivity contribution < 1.29 is 19.1 Å². The average Bonchev–Trinajstić information content (AvgIpc) is 3.34. The molecule has 2 N–H and O–H groups in total. The molecule has 0 bridgehead atoms. The third kappa shape index (κ3) is 4.89. The van der Waals surface area contributed by atoms with Crippen molar-refractivity contribution >= 4 is 29.0 Å². The van der Waals surface area contributed by atoms with Gasteiger partial charge in [0.25, 0.3) is 0 Å². The number of thiophene rings is 1. The van der Waals surface area contributed by atoms with E-state index < -0.39 is 12.0 Å². The maximum Gasteiger partial charge on any atom is 0.338 e. The largest absolute Gasteiger partial charge is 0.497 e. The Morgan fingerprint density at radius 1 is 1.16 bits per heavy atom. The van der Waals surface area contributed by atoms with E-state index in [1.165, 1.54) is 11.3 Å². The maximum absolute atomic E-state index is 12.8. The number of esters is 1. The number of nitrogens with one attached hydrogen (secondary N) is 2. The van der Waals surface area contributed by atoms with E-state index in [1.807, 2.05) is 29.6 Å². The van der Waals surface area contributed by atoms with Crippen molar-refractivity contribution in [1.82, 2.24) is 15.5 Å². The quantitative estimate of drug-likeness (QED) is 0.624. The molecule has 2 aliphatic heterocycles. The molecule has 170 valence electrons. The van der Waals surface area contributed by atoms with Crippen LogP contribution in [0.3, 0.4) is 0 Å². The number of anilines is 1. The van der Waals surface area contributed by atoms with Crippen LogP contribution in [0.1, 0.15) is 17.8 Å². The summed E-state index contributed by atoms with van der Waals surface area (Å²) in [4.78, 5) is 30.7. The normalized spacial score (nSPS) is 19.4. The number of amides is 2. The van der Waals surface area contributed by atoms with E-state index in [4.69, 9.17) is 9.47 Å². The van der Waals surface area contributed by atoms with Gasteiger partial charge in [-0.25, -0.2) is 9.59 Å². The van der Waals surface area contributed by atoms with Crippen molar-refractivity contribution in [3.63, 3.8) is 0 Å². The number of urea groups is 1. The lowest BCUT2D eigenvalue weighted by molar-refractivity contribution is -0.139. The predicted molar refractivity (Wildman–Crippen MR) is 124 cm³/mol. The molecule has 2 aliphatic rings. The molecule has 0 spiro atoms. The molecular weight excluding hydrogens is 428 g/mol. The molecule has 4 rings (SSSR count). The van der Waals surface area contributed by atoms with Gasteiger partial charge in [0, 0.05) is 49.0 Å². The van der Waals surface area contributed by atoms with Gasteiger partial charge in [-0.1, -0.05) is 6.07 Å². The lowest BCUT2D eigenvalue weighted by Crippen LogP contribution is -2.51. The van der Waals surface area contributed by atoms with E-state index in [9.17, 15) is 9.59 Å². The zero-order valence-electron chi connectivity index (χ0n) is 18.3. The summed E-state index contributed by atoms with van der Waals surface area (Å²) >= 11 is 1.51. The van der Waals surface area contributed by atoms with E-state index >= 15 is 0 Å². The fraction of sp³-hybridized carbons (Fsp3) is 0.391. The second-order valence-electron chi connectivity index (χ2n) is 7.62. The number of nitrogens with zero attached hydrogens (tertiary/aromatic N) is 2. The average molecular weight is 457 g/mol. The Morgan fingerprint density at radius 2 is 1.91 bits per heavy atom. The first-order valence-electron chi connectivity index (χ1n) is 10.7. The zero-order valence-corrected chi connectivity index (χ0v) is 19.1. The topological polar surface area (TPSA) is 83.1 Å². The fourth-order valence-corrected chi connectivity index (χ4v) is 4.83. The molecule has 1 aromatic heterocycles. The third-order valence-electron chi connectivity index (χ3n) is 5.67. The number of methoxy groups -OCH3 is 1. The summed E-state index contributed by atoms with van der Waals surface area (Å²) in [7, 11) is 1.66. The minimum atomic E-state index is -0.501. The number of carbonyl (C=O) groups excluding carboxylic acids is 2. The molecule has 2 amide bonds. The molecule has 0 radical (unpaired) electrons. The Labute approximate surface area is 191 Å². The van der Waals surface area contributed by atoms with Crippen molar-refractivity contribution in [1.29, 1.82) is 0 Å². The molecule has 3 heterocycles. The van der Waals surface area contributed by atoms with Gasteiger partial charge >= 0.3 is 12.0 Å². The Balaban J connectivity index is 1.49. The molecule has 9 heteroatoms. The van der Waals surface area contributed by atoms with Crippen LogP contribution in [-0.4, -0.2) is 63.3 Å². The van der Waals surface area contributed by atoms with Gasteiger partial charge in [0.05, 0.1) is 25.3 Å². The van der Waals surface area contributed by atoms with Crippen LogP contribution in [0.4, 0.5) is 10.5 Å². The number of carbonyl (C=O) groups is 2. The highest BCUT2D eigenvalue weighted by Crippen LogP contribution is 2.31. The molecule has 0 aliphatic carbocycles. The van der Waals surface area contributed by atoms with E-state index in [2.05, 4.69) is 32.6 Å². The summed E-state index contributed by atoms with van der Waals surface area (Å²) in [6.45, 7) is 5.90. The molecule has 1 fully saturated rings. The molecule has 1 atom stereocenters. The first-order chi connectivity index (χ1) is 15.6. The van der Waals surface area contributed by atoms with Crippen LogP contribution in [0, 0.1) is 0 Å². The Bertz CT molecular complexity index is 966. The maximum atomic E-state index is 12.8. The van der Waals surface area contributed by atoms with Gasteiger partial charge in [0.1, 0.15) is 5.75 Å². The lowest BCUT2D eigenvalue weighted by atomic mass is 10.0. The predicted octanol–water partition coefficient (Wildman–Crippen LogP) is 2.75. The van der Waals surface area contributed by atoms with Crippen molar-refractivity contribution in [2.75, 3.05) is 51.3 Å². The Kier molecular flexibility index (Phi) is 6.96. The van der Waals surface area contributed by atoms with E-state index in [-0.39, 0.29) is 12.6 Å². The number of ether oxygens (including phenoxy) is 2. The van der Waals surface area contributed by atoms with Crippen LogP contribution in [0.5, 0.6) is 5.75 Å². The fourth-order valence-electron chi connectivity index (χ4n) is 4.04. The standard InChI is InChI=1S/C23H28N4O4S/c1-3-31-22(28)20-18(24-23(29)25-21(20)19-5-4-14-32-19)15-26-10-12-27(13-11-26)16-6-8-17(30-2)9-7-16/h4-9,14,21H,3,10-13,15H2,1-2H3,(H2,24,25,29)/t21-/m1/s1. The Morgan fingerprint density at radius 3 is 2.53 bits per heavy atom. The minimum absolute atomic E-state index is 0.279. The lowest BCUT2D eigenvalue weighted by Gasteiger charge is -2.37. The summed E-state index contributed by atoms with van der Waals surface area (Å²) in [6.07, 6.45) is 0.